The highest BCUT2D eigenvalue weighted by atomic mass is 79.9. The standard InChI is InChI=1S/C11H13BrN4O/c1-3-11(2,13)10-15-9(17-16-10)7-4-8(12)6-14-5-7/h4-6H,3,13H2,1-2H3. The maximum atomic E-state index is 6.05. The summed E-state index contributed by atoms with van der Waals surface area (Å²) >= 11 is 3.34. The Hall–Kier alpha value is -1.27. The van der Waals surface area contributed by atoms with Crippen LogP contribution >= 0.6 is 15.9 Å². The zero-order valence-corrected chi connectivity index (χ0v) is 11.2. The van der Waals surface area contributed by atoms with E-state index in [1.165, 1.54) is 0 Å². The number of nitrogens with two attached hydrogens (primary N) is 1. The highest BCUT2D eigenvalue weighted by molar-refractivity contribution is 9.10. The Kier molecular flexibility index (Phi) is 3.26. The third-order valence-electron chi connectivity index (χ3n) is 2.62. The van der Waals surface area contributed by atoms with E-state index in [0.29, 0.717) is 11.7 Å². The van der Waals surface area contributed by atoms with E-state index < -0.39 is 5.54 Å². The Bertz CT molecular complexity index is 524. The first-order chi connectivity index (χ1) is 8.03. The normalized spacial score (nSPS) is 14.6. The number of pyridine rings is 1. The van der Waals surface area contributed by atoms with Crippen LogP contribution in [-0.2, 0) is 5.54 Å². The molecule has 0 spiro atoms. The summed E-state index contributed by atoms with van der Waals surface area (Å²) in [5, 5.41) is 3.91. The average molecular weight is 297 g/mol. The van der Waals surface area contributed by atoms with E-state index in [4.69, 9.17) is 10.3 Å². The number of halogens is 1. The number of nitrogens with zero attached hydrogens (tertiary/aromatic N) is 3. The summed E-state index contributed by atoms with van der Waals surface area (Å²) in [7, 11) is 0. The lowest BCUT2D eigenvalue weighted by Crippen LogP contribution is -2.33. The number of hydrogen-bond donors (Lipinski definition) is 1. The zero-order chi connectivity index (χ0) is 12.5. The van der Waals surface area contributed by atoms with E-state index in [2.05, 4.69) is 31.1 Å². The largest absolute Gasteiger partial charge is 0.334 e. The van der Waals surface area contributed by atoms with Crippen molar-refractivity contribution in [2.45, 2.75) is 25.8 Å². The number of hydrogen-bond acceptors (Lipinski definition) is 5. The van der Waals surface area contributed by atoms with E-state index in [1.54, 1.807) is 12.4 Å². The van der Waals surface area contributed by atoms with E-state index in [0.717, 1.165) is 16.5 Å². The molecule has 0 saturated heterocycles. The summed E-state index contributed by atoms with van der Waals surface area (Å²) in [4.78, 5) is 8.35. The molecule has 2 N–H and O–H groups in total. The van der Waals surface area contributed by atoms with Crippen LogP contribution in [0.5, 0.6) is 0 Å². The molecule has 6 heteroatoms. The molecule has 0 aromatic carbocycles. The van der Waals surface area contributed by atoms with Gasteiger partial charge in [0.05, 0.1) is 11.1 Å². The lowest BCUT2D eigenvalue weighted by Gasteiger charge is -2.16. The van der Waals surface area contributed by atoms with Crippen LogP contribution in [0.25, 0.3) is 11.5 Å². The third-order valence-corrected chi connectivity index (χ3v) is 3.06. The minimum atomic E-state index is -0.568. The summed E-state index contributed by atoms with van der Waals surface area (Å²) < 4.78 is 6.05. The molecule has 1 atom stereocenters. The maximum Gasteiger partial charge on any atom is 0.259 e. The molecular weight excluding hydrogens is 284 g/mol. The lowest BCUT2D eigenvalue weighted by atomic mass is 10.0. The van der Waals surface area contributed by atoms with Crippen molar-refractivity contribution in [1.82, 2.24) is 15.1 Å². The summed E-state index contributed by atoms with van der Waals surface area (Å²) in [5.41, 5.74) is 6.25. The van der Waals surface area contributed by atoms with Gasteiger partial charge in [0.2, 0.25) is 0 Å². The van der Waals surface area contributed by atoms with Crippen molar-refractivity contribution in [3.8, 4) is 11.5 Å². The topological polar surface area (TPSA) is 77.8 Å². The number of aromatic nitrogens is 3. The van der Waals surface area contributed by atoms with Crippen LogP contribution in [0.3, 0.4) is 0 Å². The summed E-state index contributed by atoms with van der Waals surface area (Å²) in [6.07, 6.45) is 4.10. The highest BCUT2D eigenvalue weighted by Gasteiger charge is 2.25. The molecule has 0 aliphatic carbocycles. The molecule has 2 aromatic heterocycles. The molecule has 1 unspecified atom stereocenters. The Morgan fingerprint density at radius 2 is 2.24 bits per heavy atom. The Balaban J connectivity index is 2.36. The van der Waals surface area contributed by atoms with E-state index in [9.17, 15) is 0 Å². The lowest BCUT2D eigenvalue weighted by molar-refractivity contribution is 0.379. The van der Waals surface area contributed by atoms with Crippen LogP contribution in [0.15, 0.2) is 27.5 Å². The first kappa shape index (κ1) is 12.2. The minimum absolute atomic E-state index is 0.430. The fraction of sp³-hybridized carbons (Fsp3) is 0.364. The van der Waals surface area contributed by atoms with Gasteiger partial charge in [0, 0.05) is 16.9 Å². The van der Waals surface area contributed by atoms with Crippen LogP contribution in [-0.4, -0.2) is 15.1 Å². The average Bonchev–Trinajstić information content (AvgIpc) is 2.79. The van der Waals surface area contributed by atoms with Gasteiger partial charge >= 0.3 is 0 Å². The molecule has 0 aliphatic rings. The van der Waals surface area contributed by atoms with Crippen LogP contribution in [0.4, 0.5) is 0 Å². The Labute approximate surface area is 108 Å². The van der Waals surface area contributed by atoms with Crippen molar-refractivity contribution in [1.29, 1.82) is 0 Å². The van der Waals surface area contributed by atoms with Gasteiger partial charge in [-0.1, -0.05) is 12.1 Å². The van der Waals surface area contributed by atoms with E-state index >= 15 is 0 Å². The van der Waals surface area contributed by atoms with Crippen molar-refractivity contribution >= 4 is 15.9 Å². The molecule has 0 saturated carbocycles. The Morgan fingerprint density at radius 1 is 1.47 bits per heavy atom. The van der Waals surface area contributed by atoms with Gasteiger partial charge in [0.25, 0.3) is 5.89 Å². The van der Waals surface area contributed by atoms with Crippen LogP contribution < -0.4 is 5.73 Å². The van der Waals surface area contributed by atoms with Gasteiger partial charge in [-0.25, -0.2) is 0 Å². The summed E-state index contributed by atoms with van der Waals surface area (Å²) in [5.74, 6) is 0.939. The van der Waals surface area contributed by atoms with Crippen LogP contribution in [0.2, 0.25) is 0 Å². The monoisotopic (exact) mass is 296 g/mol. The predicted octanol–water partition coefficient (Wildman–Crippen LogP) is 2.48. The molecule has 2 aromatic rings. The molecular formula is C11H13BrN4O. The SMILES string of the molecule is CCC(C)(N)c1noc(-c2cncc(Br)c2)n1. The predicted molar refractivity (Wildman–Crippen MR) is 67.1 cm³/mol. The Morgan fingerprint density at radius 3 is 2.88 bits per heavy atom. The van der Waals surface area contributed by atoms with Crippen LogP contribution in [0, 0.1) is 0 Å². The second-order valence-electron chi connectivity index (χ2n) is 4.09. The van der Waals surface area contributed by atoms with Gasteiger partial charge in [-0.3, -0.25) is 4.98 Å². The van der Waals surface area contributed by atoms with E-state index in [-0.39, 0.29) is 0 Å². The molecule has 0 bridgehead atoms. The quantitative estimate of drug-likeness (QED) is 0.941. The second-order valence-corrected chi connectivity index (χ2v) is 5.00. The van der Waals surface area contributed by atoms with Gasteiger partial charge in [-0.05, 0) is 35.3 Å². The van der Waals surface area contributed by atoms with Crippen molar-refractivity contribution in [2.75, 3.05) is 0 Å². The minimum Gasteiger partial charge on any atom is -0.334 e. The van der Waals surface area contributed by atoms with Gasteiger partial charge in [-0.2, -0.15) is 4.98 Å². The second kappa shape index (κ2) is 4.54. The molecule has 17 heavy (non-hydrogen) atoms. The van der Waals surface area contributed by atoms with Crippen molar-refractivity contribution < 1.29 is 4.52 Å². The van der Waals surface area contributed by atoms with Crippen molar-refractivity contribution in [3.63, 3.8) is 0 Å². The van der Waals surface area contributed by atoms with Gasteiger partial charge in [0.15, 0.2) is 5.82 Å². The first-order valence-electron chi connectivity index (χ1n) is 5.27. The molecule has 0 radical (unpaired) electrons. The van der Waals surface area contributed by atoms with Crippen molar-refractivity contribution in [3.05, 3.63) is 28.8 Å². The van der Waals surface area contributed by atoms with Crippen molar-refractivity contribution in [2.24, 2.45) is 5.73 Å². The van der Waals surface area contributed by atoms with Crippen LogP contribution in [0.1, 0.15) is 26.1 Å². The summed E-state index contributed by atoms with van der Waals surface area (Å²) in [6.45, 7) is 3.86. The van der Waals surface area contributed by atoms with Gasteiger partial charge in [-0.15, -0.1) is 0 Å². The third kappa shape index (κ3) is 2.53. The van der Waals surface area contributed by atoms with E-state index in [1.807, 2.05) is 19.9 Å². The molecule has 0 amide bonds. The molecule has 5 nitrogen and oxygen atoms in total. The molecule has 90 valence electrons. The fourth-order valence-electron chi connectivity index (χ4n) is 1.26. The maximum absolute atomic E-state index is 6.05. The molecule has 0 aliphatic heterocycles. The van der Waals surface area contributed by atoms with Gasteiger partial charge < -0.3 is 10.3 Å². The fourth-order valence-corrected chi connectivity index (χ4v) is 1.62. The number of rotatable bonds is 3. The smallest absolute Gasteiger partial charge is 0.259 e. The summed E-state index contributed by atoms with van der Waals surface area (Å²) in [6, 6.07) is 1.87. The van der Waals surface area contributed by atoms with Gasteiger partial charge in [0.1, 0.15) is 0 Å². The zero-order valence-electron chi connectivity index (χ0n) is 9.64. The molecule has 2 rings (SSSR count). The highest BCUT2D eigenvalue weighted by Crippen LogP contribution is 2.24. The first-order valence-corrected chi connectivity index (χ1v) is 6.06. The molecule has 0 fully saturated rings. The molecule has 2 heterocycles.